The molecule has 0 fully saturated rings. The Morgan fingerprint density at radius 1 is 1.38 bits per heavy atom. The Hall–Kier alpha value is -1.64. The summed E-state index contributed by atoms with van der Waals surface area (Å²) < 4.78 is 48.4. The van der Waals surface area contributed by atoms with Crippen LogP contribution in [0.15, 0.2) is 12.3 Å². The van der Waals surface area contributed by atoms with Crippen molar-refractivity contribution in [1.29, 1.82) is 0 Å². The van der Waals surface area contributed by atoms with E-state index in [1.54, 1.807) is 0 Å². The molecule has 0 N–H and O–H groups in total. The third-order valence-corrected chi connectivity index (χ3v) is 1.25. The molecule has 0 aliphatic carbocycles. The van der Waals surface area contributed by atoms with Gasteiger partial charge in [0.05, 0.1) is 5.56 Å². The fraction of sp³-hybridized carbons (Fsp3) is 0.143. The van der Waals surface area contributed by atoms with Crippen molar-refractivity contribution >= 4 is 5.82 Å². The highest BCUT2D eigenvalue weighted by Gasteiger charge is 2.32. The molecule has 6 heteroatoms. The Morgan fingerprint density at radius 2 is 2.00 bits per heavy atom. The molecule has 1 rings (SSSR count). The van der Waals surface area contributed by atoms with E-state index in [9.17, 15) is 17.6 Å². The van der Waals surface area contributed by atoms with Gasteiger partial charge in [-0.15, -0.1) is 4.98 Å². The van der Waals surface area contributed by atoms with Crippen molar-refractivity contribution in [1.82, 2.24) is 4.98 Å². The van der Waals surface area contributed by atoms with Gasteiger partial charge in [-0.25, -0.2) is 4.39 Å². The minimum atomic E-state index is -4.63. The van der Waals surface area contributed by atoms with Crippen molar-refractivity contribution in [2.24, 2.45) is 0 Å². The number of aromatic nitrogens is 1. The van der Waals surface area contributed by atoms with Crippen LogP contribution in [0.1, 0.15) is 5.56 Å². The predicted molar refractivity (Wildman–Crippen MR) is 35.5 cm³/mol. The molecule has 0 bridgehead atoms. The average molecular weight is 190 g/mol. The molecule has 0 aromatic carbocycles. The van der Waals surface area contributed by atoms with Crippen LogP contribution in [0.3, 0.4) is 0 Å². The van der Waals surface area contributed by atoms with Crippen LogP contribution in [0.4, 0.5) is 23.4 Å². The summed E-state index contributed by atoms with van der Waals surface area (Å²) in [7, 11) is 0. The minimum absolute atomic E-state index is 0.250. The number of pyridine rings is 1. The van der Waals surface area contributed by atoms with Gasteiger partial charge in [0, 0.05) is 0 Å². The molecule has 1 aromatic rings. The van der Waals surface area contributed by atoms with Crippen molar-refractivity contribution < 1.29 is 17.6 Å². The first-order chi connectivity index (χ1) is 5.95. The molecule has 0 saturated carbocycles. The zero-order chi connectivity index (χ0) is 10.1. The molecule has 68 valence electrons. The molecule has 0 radical (unpaired) electrons. The summed E-state index contributed by atoms with van der Waals surface area (Å²) >= 11 is 0. The number of hydrogen-bond acceptors (Lipinski definition) is 1. The molecule has 0 atom stereocenters. The molecule has 1 heterocycles. The fourth-order valence-corrected chi connectivity index (χ4v) is 0.668. The van der Waals surface area contributed by atoms with Crippen LogP contribution in [0.25, 0.3) is 4.85 Å². The minimum Gasteiger partial charge on any atom is -0.358 e. The monoisotopic (exact) mass is 190 g/mol. The summed E-state index contributed by atoms with van der Waals surface area (Å²) in [4.78, 5) is 5.60. The summed E-state index contributed by atoms with van der Waals surface area (Å²) in [5.74, 6) is -1.92. The first-order valence-electron chi connectivity index (χ1n) is 3.05. The fourth-order valence-electron chi connectivity index (χ4n) is 0.668. The highest BCUT2D eigenvalue weighted by atomic mass is 19.4. The maximum atomic E-state index is 12.6. The van der Waals surface area contributed by atoms with E-state index >= 15 is 0 Å². The van der Waals surface area contributed by atoms with Gasteiger partial charge in [0.25, 0.3) is 0 Å². The van der Waals surface area contributed by atoms with Gasteiger partial charge in [0.15, 0.2) is 5.82 Å². The molecule has 0 saturated heterocycles. The zero-order valence-electron chi connectivity index (χ0n) is 6.06. The van der Waals surface area contributed by atoms with E-state index in [4.69, 9.17) is 6.57 Å². The smallest absolute Gasteiger partial charge is 0.358 e. The Balaban J connectivity index is 3.20. The largest absolute Gasteiger partial charge is 0.419 e. The van der Waals surface area contributed by atoms with E-state index in [0.717, 1.165) is 0 Å². The Kier molecular flexibility index (Phi) is 2.19. The Morgan fingerprint density at radius 3 is 2.38 bits per heavy atom. The summed E-state index contributed by atoms with van der Waals surface area (Å²) in [5.41, 5.74) is -1.20. The topological polar surface area (TPSA) is 17.2 Å². The molecule has 0 aliphatic heterocycles. The number of alkyl halides is 3. The standard InChI is InChI=1S/C7H2F4N2/c1-12-6-5(8)2-4(3-13-6)7(9,10)11/h2-3H. The quantitative estimate of drug-likeness (QED) is 0.454. The molecule has 0 spiro atoms. The first-order valence-corrected chi connectivity index (χ1v) is 3.05. The number of nitrogens with zero attached hydrogens (tertiary/aromatic N) is 2. The van der Waals surface area contributed by atoms with Crippen LogP contribution in [0, 0.1) is 12.4 Å². The first kappa shape index (κ1) is 9.45. The van der Waals surface area contributed by atoms with Crippen LogP contribution in [0.2, 0.25) is 0 Å². The lowest BCUT2D eigenvalue weighted by atomic mass is 10.2. The summed E-state index contributed by atoms with van der Waals surface area (Å²) in [6.45, 7) is 6.35. The number of hydrogen-bond donors (Lipinski definition) is 0. The van der Waals surface area contributed by atoms with Crippen molar-refractivity contribution in [3.05, 3.63) is 35.1 Å². The van der Waals surface area contributed by atoms with Crippen LogP contribution in [0.5, 0.6) is 0 Å². The third-order valence-electron chi connectivity index (χ3n) is 1.25. The summed E-state index contributed by atoms with van der Waals surface area (Å²) in [5, 5.41) is 0. The molecular formula is C7H2F4N2. The molecule has 1 aromatic heterocycles. The normalized spacial score (nSPS) is 11.0. The van der Waals surface area contributed by atoms with Crippen molar-refractivity contribution in [2.45, 2.75) is 6.18 Å². The summed E-state index contributed by atoms with van der Waals surface area (Å²) in [6.07, 6.45) is -4.20. The van der Waals surface area contributed by atoms with Crippen LogP contribution >= 0.6 is 0 Å². The lowest BCUT2D eigenvalue weighted by Gasteiger charge is -2.03. The molecule has 2 nitrogen and oxygen atoms in total. The van der Waals surface area contributed by atoms with Gasteiger partial charge in [-0.05, 0) is 6.07 Å². The highest BCUT2D eigenvalue weighted by molar-refractivity contribution is 5.38. The summed E-state index contributed by atoms with van der Waals surface area (Å²) in [6, 6.07) is 0.250. The van der Waals surface area contributed by atoms with Gasteiger partial charge in [0.1, 0.15) is 6.20 Å². The Bertz CT molecular complexity index is 364. The predicted octanol–water partition coefficient (Wildman–Crippen LogP) is 2.79. The van der Waals surface area contributed by atoms with E-state index in [0.29, 0.717) is 6.20 Å². The zero-order valence-corrected chi connectivity index (χ0v) is 6.06. The lowest BCUT2D eigenvalue weighted by Crippen LogP contribution is -2.05. The lowest BCUT2D eigenvalue weighted by molar-refractivity contribution is -0.138. The molecular weight excluding hydrogens is 188 g/mol. The molecule has 0 amide bonds. The van der Waals surface area contributed by atoms with Crippen LogP contribution < -0.4 is 0 Å². The highest BCUT2D eigenvalue weighted by Crippen LogP contribution is 2.30. The SMILES string of the molecule is [C-]#[N+]c1ncc(C(F)(F)F)cc1F. The van der Waals surface area contributed by atoms with Gasteiger partial charge in [-0.1, -0.05) is 6.57 Å². The van der Waals surface area contributed by atoms with E-state index in [2.05, 4.69) is 9.83 Å². The maximum absolute atomic E-state index is 12.6. The second-order valence-electron chi connectivity index (χ2n) is 2.14. The molecule has 0 aliphatic rings. The van der Waals surface area contributed by atoms with Crippen molar-refractivity contribution in [3.63, 3.8) is 0 Å². The van der Waals surface area contributed by atoms with E-state index in [1.165, 1.54) is 0 Å². The van der Waals surface area contributed by atoms with E-state index in [-0.39, 0.29) is 6.07 Å². The second kappa shape index (κ2) is 3.01. The maximum Gasteiger partial charge on any atom is 0.419 e. The van der Waals surface area contributed by atoms with Gasteiger partial charge in [-0.2, -0.15) is 13.2 Å². The Labute approximate surface area is 70.6 Å². The second-order valence-corrected chi connectivity index (χ2v) is 2.14. The van der Waals surface area contributed by atoms with Crippen molar-refractivity contribution in [3.8, 4) is 0 Å². The van der Waals surface area contributed by atoms with Crippen LogP contribution in [-0.2, 0) is 6.18 Å². The van der Waals surface area contributed by atoms with Gasteiger partial charge >= 0.3 is 12.0 Å². The van der Waals surface area contributed by atoms with Gasteiger partial charge < -0.3 is 4.85 Å². The van der Waals surface area contributed by atoms with Gasteiger partial charge in [-0.3, -0.25) is 0 Å². The third kappa shape index (κ3) is 1.93. The van der Waals surface area contributed by atoms with Crippen molar-refractivity contribution in [2.75, 3.05) is 0 Å². The van der Waals surface area contributed by atoms with E-state index in [1.807, 2.05) is 0 Å². The number of rotatable bonds is 0. The average Bonchev–Trinajstić information content (AvgIpc) is 2.02. The number of halogens is 4. The van der Waals surface area contributed by atoms with Gasteiger partial charge in [0.2, 0.25) is 0 Å². The van der Waals surface area contributed by atoms with Crippen LogP contribution in [-0.4, -0.2) is 4.98 Å². The van der Waals surface area contributed by atoms with E-state index < -0.39 is 23.4 Å². The molecule has 13 heavy (non-hydrogen) atoms. The molecule has 0 unspecified atom stereocenters.